The second kappa shape index (κ2) is 4.12. The molecular formula is C8H8N2O2. The molecule has 1 aromatic rings. The summed E-state index contributed by atoms with van der Waals surface area (Å²) >= 11 is 0. The molecule has 4 heteroatoms. The van der Waals surface area contributed by atoms with E-state index in [1.165, 1.54) is 0 Å². The van der Waals surface area contributed by atoms with Gasteiger partial charge in [0.05, 0.1) is 0 Å². The minimum atomic E-state index is -0.298. The average Bonchev–Trinajstić information content (AvgIpc) is 2.15. The van der Waals surface area contributed by atoms with Crippen LogP contribution in [0.4, 0.5) is 0 Å². The number of carbonyl (C=O) groups excluding carboxylic acids is 1. The lowest BCUT2D eigenvalue weighted by Crippen LogP contribution is -2.21. The Labute approximate surface area is 69.5 Å². The molecule has 62 valence electrons. The quantitative estimate of drug-likeness (QED) is 0.294. The molecule has 2 N–H and O–H groups in total. The Morgan fingerprint density at radius 2 is 2.08 bits per heavy atom. The first-order chi connectivity index (χ1) is 5.84. The van der Waals surface area contributed by atoms with Gasteiger partial charge in [0.1, 0.15) is 6.34 Å². The van der Waals surface area contributed by atoms with Gasteiger partial charge in [0.2, 0.25) is 0 Å². The number of nitrogens with one attached hydrogen (secondary N) is 1. The van der Waals surface area contributed by atoms with E-state index in [0.29, 0.717) is 5.56 Å². The highest BCUT2D eigenvalue weighted by atomic mass is 16.4. The number of nitrogens with zero attached hydrogens (tertiary/aromatic N) is 1. The van der Waals surface area contributed by atoms with Crippen LogP contribution >= 0.6 is 0 Å². The minimum Gasteiger partial charge on any atom is -0.410 e. The first kappa shape index (κ1) is 8.26. The number of amides is 1. The summed E-state index contributed by atoms with van der Waals surface area (Å²) in [6, 6.07) is 8.66. The largest absolute Gasteiger partial charge is 0.410 e. The number of oxime groups is 1. The Kier molecular flexibility index (Phi) is 2.84. The van der Waals surface area contributed by atoms with Gasteiger partial charge in [-0.3, -0.25) is 4.79 Å². The molecule has 1 amide bonds. The van der Waals surface area contributed by atoms with E-state index in [4.69, 9.17) is 5.21 Å². The Balaban J connectivity index is 2.66. The number of hydrogen-bond acceptors (Lipinski definition) is 3. The fourth-order valence-corrected chi connectivity index (χ4v) is 0.760. The van der Waals surface area contributed by atoms with E-state index in [2.05, 4.69) is 10.5 Å². The summed E-state index contributed by atoms with van der Waals surface area (Å²) in [5, 5.41) is 12.9. The standard InChI is InChI=1S/C8H8N2O2/c11-8(9-6-10-12)7-4-2-1-3-5-7/h1-6,12H,(H,9,10,11). The lowest BCUT2D eigenvalue weighted by atomic mass is 10.2. The van der Waals surface area contributed by atoms with Crippen LogP contribution in [0.1, 0.15) is 10.4 Å². The van der Waals surface area contributed by atoms with Crippen molar-refractivity contribution >= 4 is 12.2 Å². The van der Waals surface area contributed by atoms with Gasteiger partial charge in [0, 0.05) is 5.56 Å². The zero-order valence-electron chi connectivity index (χ0n) is 6.27. The molecule has 0 spiro atoms. The molecule has 1 aromatic carbocycles. The van der Waals surface area contributed by atoms with Crippen LogP contribution in [0.2, 0.25) is 0 Å². The average molecular weight is 164 g/mol. The maximum absolute atomic E-state index is 11.1. The third kappa shape index (κ3) is 2.09. The monoisotopic (exact) mass is 164 g/mol. The van der Waals surface area contributed by atoms with E-state index in [0.717, 1.165) is 6.34 Å². The highest BCUT2D eigenvalue weighted by Gasteiger charge is 2.00. The summed E-state index contributed by atoms with van der Waals surface area (Å²) in [4.78, 5) is 11.1. The van der Waals surface area contributed by atoms with E-state index in [1.54, 1.807) is 24.3 Å². The molecule has 0 saturated carbocycles. The third-order valence-electron chi connectivity index (χ3n) is 1.29. The van der Waals surface area contributed by atoms with Crippen molar-refractivity contribution < 1.29 is 10.0 Å². The second-order valence-electron chi connectivity index (χ2n) is 2.08. The van der Waals surface area contributed by atoms with Crippen molar-refractivity contribution in [3.8, 4) is 0 Å². The molecule has 4 nitrogen and oxygen atoms in total. The molecule has 0 heterocycles. The molecule has 0 saturated heterocycles. The topological polar surface area (TPSA) is 61.7 Å². The highest BCUT2D eigenvalue weighted by Crippen LogP contribution is 1.96. The molecule has 0 atom stereocenters. The molecule has 0 fully saturated rings. The third-order valence-corrected chi connectivity index (χ3v) is 1.29. The highest BCUT2D eigenvalue weighted by molar-refractivity contribution is 6.00. The summed E-state index contributed by atoms with van der Waals surface area (Å²) < 4.78 is 0. The number of hydrogen-bond donors (Lipinski definition) is 2. The van der Waals surface area contributed by atoms with Gasteiger partial charge < -0.3 is 10.5 Å². The summed E-state index contributed by atoms with van der Waals surface area (Å²) in [7, 11) is 0. The van der Waals surface area contributed by atoms with E-state index >= 15 is 0 Å². The van der Waals surface area contributed by atoms with Gasteiger partial charge in [0.25, 0.3) is 5.91 Å². The van der Waals surface area contributed by atoms with E-state index < -0.39 is 0 Å². The molecule has 12 heavy (non-hydrogen) atoms. The molecular weight excluding hydrogens is 156 g/mol. The molecule has 0 aromatic heterocycles. The Hall–Kier alpha value is -1.84. The van der Waals surface area contributed by atoms with Crippen LogP contribution in [-0.2, 0) is 0 Å². The second-order valence-corrected chi connectivity index (χ2v) is 2.08. The van der Waals surface area contributed by atoms with Crippen LogP contribution in [0.25, 0.3) is 0 Å². The smallest absolute Gasteiger partial charge is 0.256 e. The summed E-state index contributed by atoms with van der Waals surface area (Å²) in [6.45, 7) is 0. The van der Waals surface area contributed by atoms with Crippen LogP contribution < -0.4 is 5.32 Å². The molecule has 0 aliphatic rings. The number of rotatable bonds is 2. The molecule has 0 aliphatic carbocycles. The van der Waals surface area contributed by atoms with Crippen LogP contribution in [-0.4, -0.2) is 17.5 Å². The Bertz CT molecular complexity index is 282. The molecule has 0 unspecified atom stereocenters. The summed E-state index contributed by atoms with van der Waals surface area (Å²) in [5.74, 6) is -0.298. The number of carbonyl (C=O) groups is 1. The van der Waals surface area contributed by atoms with Crippen molar-refractivity contribution in [2.24, 2.45) is 5.16 Å². The SMILES string of the molecule is O=C(NC=NO)c1ccccc1. The van der Waals surface area contributed by atoms with Gasteiger partial charge in [-0.2, -0.15) is 0 Å². The van der Waals surface area contributed by atoms with E-state index in [9.17, 15) is 4.79 Å². The molecule has 0 bridgehead atoms. The molecule has 0 radical (unpaired) electrons. The van der Waals surface area contributed by atoms with E-state index in [1.807, 2.05) is 6.07 Å². The van der Waals surface area contributed by atoms with Gasteiger partial charge in [0.15, 0.2) is 0 Å². The van der Waals surface area contributed by atoms with Crippen LogP contribution in [0.3, 0.4) is 0 Å². The normalized spacial score (nSPS) is 10.0. The predicted molar refractivity (Wildman–Crippen MR) is 44.2 cm³/mol. The van der Waals surface area contributed by atoms with Crippen LogP contribution in [0.5, 0.6) is 0 Å². The maximum atomic E-state index is 11.1. The van der Waals surface area contributed by atoms with Gasteiger partial charge in [-0.05, 0) is 12.1 Å². The number of benzene rings is 1. The fourth-order valence-electron chi connectivity index (χ4n) is 0.760. The lowest BCUT2D eigenvalue weighted by molar-refractivity contribution is 0.0977. The Morgan fingerprint density at radius 1 is 1.42 bits per heavy atom. The first-order valence-electron chi connectivity index (χ1n) is 3.36. The maximum Gasteiger partial charge on any atom is 0.256 e. The summed E-state index contributed by atoms with van der Waals surface area (Å²) in [5.41, 5.74) is 0.525. The first-order valence-corrected chi connectivity index (χ1v) is 3.36. The minimum absolute atomic E-state index is 0.298. The van der Waals surface area contributed by atoms with Crippen molar-refractivity contribution in [3.63, 3.8) is 0 Å². The van der Waals surface area contributed by atoms with Crippen LogP contribution in [0, 0.1) is 0 Å². The van der Waals surface area contributed by atoms with Crippen LogP contribution in [0.15, 0.2) is 35.5 Å². The zero-order valence-corrected chi connectivity index (χ0v) is 6.27. The van der Waals surface area contributed by atoms with Gasteiger partial charge >= 0.3 is 0 Å². The van der Waals surface area contributed by atoms with Crippen molar-refractivity contribution in [2.45, 2.75) is 0 Å². The summed E-state index contributed by atoms with van der Waals surface area (Å²) in [6.07, 6.45) is 0.926. The van der Waals surface area contributed by atoms with Gasteiger partial charge in [-0.15, -0.1) is 0 Å². The lowest BCUT2D eigenvalue weighted by Gasteiger charge is -1.96. The van der Waals surface area contributed by atoms with Gasteiger partial charge in [-0.25, -0.2) is 0 Å². The van der Waals surface area contributed by atoms with Crippen molar-refractivity contribution in [2.75, 3.05) is 0 Å². The Morgan fingerprint density at radius 3 is 2.67 bits per heavy atom. The molecule has 1 rings (SSSR count). The van der Waals surface area contributed by atoms with Crippen molar-refractivity contribution in [3.05, 3.63) is 35.9 Å². The molecule has 0 aliphatic heterocycles. The van der Waals surface area contributed by atoms with Crippen molar-refractivity contribution in [1.82, 2.24) is 5.32 Å². The predicted octanol–water partition coefficient (Wildman–Crippen LogP) is 0.834. The van der Waals surface area contributed by atoms with E-state index in [-0.39, 0.29) is 5.91 Å². The van der Waals surface area contributed by atoms with Crippen molar-refractivity contribution in [1.29, 1.82) is 0 Å². The van der Waals surface area contributed by atoms with Gasteiger partial charge in [-0.1, -0.05) is 23.4 Å². The fraction of sp³-hybridized carbons (Fsp3) is 0. The zero-order chi connectivity index (χ0) is 8.81.